The van der Waals surface area contributed by atoms with Gasteiger partial charge in [0.15, 0.2) is 5.13 Å². The van der Waals surface area contributed by atoms with E-state index in [4.69, 9.17) is 0 Å². The first kappa shape index (κ1) is 19.0. The van der Waals surface area contributed by atoms with Crippen LogP contribution in [-0.4, -0.2) is 30.9 Å². The van der Waals surface area contributed by atoms with E-state index in [0.717, 1.165) is 23.5 Å². The van der Waals surface area contributed by atoms with Gasteiger partial charge < -0.3 is 0 Å². The molecule has 1 aromatic carbocycles. The van der Waals surface area contributed by atoms with E-state index in [1.807, 2.05) is 0 Å². The number of hydrogen-bond donors (Lipinski definition) is 0. The van der Waals surface area contributed by atoms with Gasteiger partial charge in [-0.2, -0.15) is 0 Å². The second kappa shape index (κ2) is 6.87. The molecule has 0 aliphatic heterocycles. The lowest BCUT2D eigenvalue weighted by molar-refractivity contribution is -0.125. The Balaban J connectivity index is 2.24. The van der Waals surface area contributed by atoms with E-state index >= 15 is 0 Å². The fourth-order valence-electron chi connectivity index (χ4n) is 2.10. The van der Waals surface area contributed by atoms with Crippen molar-refractivity contribution in [3.8, 4) is 0 Å². The SMILES string of the molecule is CN(C(=O)C(C)(C)C)c1csc(N(C)C(=O)c2ccc(F)cc2F)n1. The van der Waals surface area contributed by atoms with Gasteiger partial charge in [-0.15, -0.1) is 11.3 Å². The zero-order chi connectivity index (χ0) is 18.9. The molecule has 0 aliphatic rings. The largest absolute Gasteiger partial charge is 0.299 e. The number of aromatic nitrogens is 1. The van der Waals surface area contributed by atoms with Crippen LogP contribution in [0.3, 0.4) is 0 Å². The van der Waals surface area contributed by atoms with Crippen molar-refractivity contribution in [3.05, 3.63) is 40.8 Å². The molecule has 0 saturated heterocycles. The van der Waals surface area contributed by atoms with Crippen molar-refractivity contribution >= 4 is 34.1 Å². The average Bonchev–Trinajstić information content (AvgIpc) is 3.01. The fraction of sp³-hybridized carbons (Fsp3) is 0.353. The predicted octanol–water partition coefficient (Wildman–Crippen LogP) is 3.71. The van der Waals surface area contributed by atoms with Crippen molar-refractivity contribution in [1.29, 1.82) is 0 Å². The normalized spacial score (nSPS) is 11.3. The number of thiazole rings is 1. The standard InChI is InChI=1S/C17H19F2N3O2S/c1-17(2,3)15(24)21(4)13-9-25-16(20-13)22(5)14(23)11-7-6-10(18)8-12(11)19/h6-9H,1-5H3. The Kier molecular flexibility index (Phi) is 5.22. The van der Waals surface area contributed by atoms with Crippen LogP contribution in [0.25, 0.3) is 0 Å². The topological polar surface area (TPSA) is 53.5 Å². The summed E-state index contributed by atoms with van der Waals surface area (Å²) in [6, 6.07) is 2.77. The highest BCUT2D eigenvalue weighted by Crippen LogP contribution is 2.28. The van der Waals surface area contributed by atoms with Crippen LogP contribution in [0.15, 0.2) is 23.6 Å². The van der Waals surface area contributed by atoms with Crippen LogP contribution in [-0.2, 0) is 4.79 Å². The second-order valence-corrected chi connectivity index (χ2v) is 7.43. The number of halogens is 2. The minimum absolute atomic E-state index is 0.122. The Labute approximate surface area is 148 Å². The molecule has 0 atom stereocenters. The summed E-state index contributed by atoms with van der Waals surface area (Å²) in [6.45, 7) is 5.39. The van der Waals surface area contributed by atoms with Gasteiger partial charge in [0.05, 0.1) is 5.56 Å². The molecule has 8 heteroatoms. The van der Waals surface area contributed by atoms with Crippen LogP contribution in [0.1, 0.15) is 31.1 Å². The molecule has 1 aromatic heterocycles. The molecule has 5 nitrogen and oxygen atoms in total. The Morgan fingerprint density at radius 3 is 2.32 bits per heavy atom. The quantitative estimate of drug-likeness (QED) is 0.831. The van der Waals surface area contributed by atoms with Gasteiger partial charge in [-0.05, 0) is 12.1 Å². The second-order valence-electron chi connectivity index (χ2n) is 6.59. The van der Waals surface area contributed by atoms with Crippen molar-refractivity contribution in [3.63, 3.8) is 0 Å². The molecule has 0 spiro atoms. The first-order chi connectivity index (χ1) is 11.5. The number of nitrogens with zero attached hydrogens (tertiary/aromatic N) is 3. The molecule has 0 unspecified atom stereocenters. The van der Waals surface area contributed by atoms with E-state index in [-0.39, 0.29) is 11.5 Å². The molecule has 1 heterocycles. The van der Waals surface area contributed by atoms with Gasteiger partial charge in [-0.3, -0.25) is 19.4 Å². The van der Waals surface area contributed by atoms with E-state index in [2.05, 4.69) is 4.98 Å². The molecule has 2 amide bonds. The maximum Gasteiger partial charge on any atom is 0.262 e. The Morgan fingerprint density at radius 2 is 1.76 bits per heavy atom. The molecule has 134 valence electrons. The highest BCUT2D eigenvalue weighted by molar-refractivity contribution is 7.14. The van der Waals surface area contributed by atoms with Gasteiger partial charge in [0.25, 0.3) is 5.91 Å². The number of amides is 2. The third-order valence-electron chi connectivity index (χ3n) is 3.52. The van der Waals surface area contributed by atoms with Crippen LogP contribution in [0.5, 0.6) is 0 Å². The molecule has 0 bridgehead atoms. The van der Waals surface area contributed by atoms with E-state index < -0.39 is 23.0 Å². The summed E-state index contributed by atoms with van der Waals surface area (Å²) < 4.78 is 26.8. The lowest BCUT2D eigenvalue weighted by Crippen LogP contribution is -2.37. The van der Waals surface area contributed by atoms with Gasteiger partial charge in [0.2, 0.25) is 5.91 Å². The van der Waals surface area contributed by atoms with Gasteiger partial charge >= 0.3 is 0 Å². The van der Waals surface area contributed by atoms with Gasteiger partial charge in [0.1, 0.15) is 17.5 Å². The van der Waals surface area contributed by atoms with Crippen molar-refractivity contribution < 1.29 is 18.4 Å². The third kappa shape index (κ3) is 4.01. The number of carbonyl (C=O) groups is 2. The Hall–Kier alpha value is -2.35. The minimum atomic E-state index is -0.936. The van der Waals surface area contributed by atoms with Crippen molar-refractivity contribution in [1.82, 2.24) is 4.98 Å². The summed E-state index contributed by atoms with van der Waals surface area (Å²) in [6.07, 6.45) is 0. The predicted molar refractivity (Wildman–Crippen MR) is 94.1 cm³/mol. The van der Waals surface area contributed by atoms with Crippen molar-refractivity contribution in [2.24, 2.45) is 5.41 Å². The van der Waals surface area contributed by atoms with E-state index in [0.29, 0.717) is 17.0 Å². The van der Waals surface area contributed by atoms with Crippen LogP contribution in [0, 0.1) is 17.0 Å². The molecule has 0 radical (unpaired) electrons. The lowest BCUT2D eigenvalue weighted by atomic mass is 9.95. The molecular weight excluding hydrogens is 348 g/mol. The van der Waals surface area contributed by atoms with Gasteiger partial charge in [0, 0.05) is 31.0 Å². The zero-order valence-electron chi connectivity index (χ0n) is 14.6. The highest BCUT2D eigenvalue weighted by atomic mass is 32.1. The summed E-state index contributed by atoms with van der Waals surface area (Å²) in [5, 5.41) is 1.95. The molecule has 0 aliphatic carbocycles. The smallest absolute Gasteiger partial charge is 0.262 e. The van der Waals surface area contributed by atoms with Crippen LogP contribution < -0.4 is 9.80 Å². The molecular formula is C17H19F2N3O2S. The third-order valence-corrected chi connectivity index (χ3v) is 4.43. The van der Waals surface area contributed by atoms with E-state index in [9.17, 15) is 18.4 Å². The monoisotopic (exact) mass is 367 g/mol. The number of anilines is 2. The summed E-state index contributed by atoms with van der Waals surface area (Å²) in [5.41, 5.74) is -0.822. The molecule has 0 N–H and O–H groups in total. The Bertz CT molecular complexity index is 814. The van der Waals surface area contributed by atoms with Crippen LogP contribution in [0.2, 0.25) is 0 Å². The molecule has 25 heavy (non-hydrogen) atoms. The first-order valence-corrected chi connectivity index (χ1v) is 8.37. The molecule has 0 fully saturated rings. The van der Waals surface area contributed by atoms with Crippen LogP contribution in [0.4, 0.5) is 19.7 Å². The summed E-state index contributed by atoms with van der Waals surface area (Å²) >= 11 is 1.15. The molecule has 2 rings (SSSR count). The highest BCUT2D eigenvalue weighted by Gasteiger charge is 2.28. The summed E-state index contributed by atoms with van der Waals surface area (Å²) in [4.78, 5) is 31.6. The lowest BCUT2D eigenvalue weighted by Gasteiger charge is -2.24. The number of hydrogen-bond acceptors (Lipinski definition) is 4. The maximum atomic E-state index is 13.8. The summed E-state index contributed by atoms with van der Waals surface area (Å²) in [5.74, 6) is -2.06. The molecule has 0 saturated carbocycles. The number of benzene rings is 1. The zero-order valence-corrected chi connectivity index (χ0v) is 15.4. The number of carbonyl (C=O) groups excluding carboxylic acids is 2. The van der Waals surface area contributed by atoms with Gasteiger partial charge in [-0.25, -0.2) is 13.8 Å². The minimum Gasteiger partial charge on any atom is -0.299 e. The van der Waals surface area contributed by atoms with Crippen molar-refractivity contribution in [2.75, 3.05) is 23.9 Å². The average molecular weight is 367 g/mol. The number of rotatable bonds is 3. The first-order valence-electron chi connectivity index (χ1n) is 7.49. The van der Waals surface area contributed by atoms with E-state index in [1.54, 1.807) is 33.2 Å². The fourth-order valence-corrected chi connectivity index (χ4v) is 2.91. The van der Waals surface area contributed by atoms with Crippen LogP contribution >= 0.6 is 11.3 Å². The molecule has 2 aromatic rings. The summed E-state index contributed by atoms with van der Waals surface area (Å²) in [7, 11) is 3.05. The van der Waals surface area contributed by atoms with Gasteiger partial charge in [-0.1, -0.05) is 20.8 Å². The van der Waals surface area contributed by atoms with E-state index in [1.165, 1.54) is 16.8 Å². The maximum absolute atomic E-state index is 13.8. The Morgan fingerprint density at radius 1 is 1.12 bits per heavy atom. The van der Waals surface area contributed by atoms with Crippen molar-refractivity contribution in [2.45, 2.75) is 20.8 Å².